The number of benzene rings is 1. The Morgan fingerprint density at radius 2 is 2.19 bits per heavy atom. The molecule has 2 heterocycles. The van der Waals surface area contributed by atoms with Gasteiger partial charge in [0.1, 0.15) is 5.01 Å². The number of thiazole rings is 1. The van der Waals surface area contributed by atoms with Crippen LogP contribution in [0, 0.1) is 2.88 Å². The van der Waals surface area contributed by atoms with Gasteiger partial charge in [0.2, 0.25) is 0 Å². The summed E-state index contributed by atoms with van der Waals surface area (Å²) in [6.45, 7) is 3.82. The summed E-state index contributed by atoms with van der Waals surface area (Å²) in [5.41, 5.74) is 1.40. The first-order chi connectivity index (χ1) is 10.3. The maximum atomic E-state index is 5.91. The topological polar surface area (TPSA) is 25.4 Å². The van der Waals surface area contributed by atoms with Crippen LogP contribution in [-0.2, 0) is 17.7 Å². The van der Waals surface area contributed by atoms with E-state index in [-0.39, 0.29) is 0 Å². The highest BCUT2D eigenvalue weighted by atomic mass is 127. The molecule has 3 rings (SSSR count). The number of nitrogens with zero attached hydrogens (tertiary/aromatic N) is 2. The zero-order valence-corrected chi connectivity index (χ0v) is 14.8. The molecule has 0 unspecified atom stereocenters. The summed E-state index contributed by atoms with van der Waals surface area (Å²) in [7, 11) is 0. The van der Waals surface area contributed by atoms with Crippen LogP contribution in [0.25, 0.3) is 0 Å². The van der Waals surface area contributed by atoms with Gasteiger partial charge in [0.15, 0.2) is 0 Å². The number of aryl methyl sites for hydroxylation is 1. The van der Waals surface area contributed by atoms with Crippen LogP contribution in [0.1, 0.15) is 17.0 Å². The van der Waals surface area contributed by atoms with Crippen molar-refractivity contribution in [2.45, 2.75) is 25.5 Å². The minimum Gasteiger partial charge on any atom is -0.376 e. The Labute approximate surface area is 143 Å². The largest absolute Gasteiger partial charge is 0.376 e. The molecule has 21 heavy (non-hydrogen) atoms. The van der Waals surface area contributed by atoms with E-state index in [4.69, 9.17) is 4.74 Å². The summed E-state index contributed by atoms with van der Waals surface area (Å²) in [6, 6.07) is 10.7. The molecule has 0 saturated carbocycles. The van der Waals surface area contributed by atoms with Crippen LogP contribution < -0.4 is 0 Å². The smallest absolute Gasteiger partial charge is 0.108 e. The van der Waals surface area contributed by atoms with Gasteiger partial charge >= 0.3 is 0 Å². The normalized spacial score (nSPS) is 19.8. The monoisotopic (exact) mass is 414 g/mol. The molecule has 3 nitrogen and oxygen atoms in total. The fourth-order valence-electron chi connectivity index (χ4n) is 2.62. The highest BCUT2D eigenvalue weighted by Crippen LogP contribution is 2.19. The number of hydrogen-bond donors (Lipinski definition) is 0. The van der Waals surface area contributed by atoms with Crippen molar-refractivity contribution < 1.29 is 4.74 Å². The molecule has 1 aliphatic heterocycles. The van der Waals surface area contributed by atoms with Crippen molar-refractivity contribution in [2.75, 3.05) is 19.7 Å². The lowest BCUT2D eigenvalue weighted by Crippen LogP contribution is -2.42. The Kier molecular flexibility index (Phi) is 5.62. The summed E-state index contributed by atoms with van der Waals surface area (Å²) in [6.07, 6.45) is 4.48. The standard InChI is InChI=1S/C16H19IN2OS/c17-15-10-18-16(21-15)12-19-8-9-20-14(11-19)7-6-13-4-2-1-3-5-13/h1-5,10,14H,6-9,11-12H2/t14-/m1/s1. The van der Waals surface area contributed by atoms with Gasteiger partial charge in [-0.3, -0.25) is 4.90 Å². The minimum atomic E-state index is 0.345. The lowest BCUT2D eigenvalue weighted by Gasteiger charge is -2.32. The molecule has 1 atom stereocenters. The van der Waals surface area contributed by atoms with Gasteiger partial charge in [0.25, 0.3) is 0 Å². The summed E-state index contributed by atoms with van der Waals surface area (Å²) >= 11 is 4.12. The van der Waals surface area contributed by atoms with Crippen molar-refractivity contribution >= 4 is 33.9 Å². The van der Waals surface area contributed by atoms with Crippen molar-refractivity contribution in [1.29, 1.82) is 0 Å². The molecule has 0 spiro atoms. The van der Waals surface area contributed by atoms with Gasteiger partial charge in [-0.25, -0.2) is 4.98 Å². The van der Waals surface area contributed by atoms with E-state index in [1.54, 1.807) is 11.3 Å². The highest BCUT2D eigenvalue weighted by Gasteiger charge is 2.21. The Morgan fingerprint density at radius 1 is 1.33 bits per heavy atom. The van der Waals surface area contributed by atoms with E-state index in [0.717, 1.165) is 39.1 Å². The van der Waals surface area contributed by atoms with Crippen molar-refractivity contribution in [3.05, 3.63) is 50.0 Å². The summed E-state index contributed by atoms with van der Waals surface area (Å²) in [5, 5.41) is 1.21. The van der Waals surface area contributed by atoms with E-state index in [1.165, 1.54) is 13.5 Å². The van der Waals surface area contributed by atoms with Gasteiger partial charge in [0, 0.05) is 13.1 Å². The van der Waals surface area contributed by atoms with Crippen LogP contribution >= 0.6 is 33.9 Å². The molecule has 1 saturated heterocycles. The zero-order valence-electron chi connectivity index (χ0n) is 11.9. The Hall–Kier alpha value is -0.500. The number of morpholine rings is 1. The molecule has 112 valence electrons. The van der Waals surface area contributed by atoms with Gasteiger partial charge in [0.05, 0.1) is 28.3 Å². The van der Waals surface area contributed by atoms with Gasteiger partial charge in [-0.2, -0.15) is 0 Å². The number of aromatic nitrogens is 1. The third-order valence-electron chi connectivity index (χ3n) is 3.70. The molecule has 1 aromatic carbocycles. The van der Waals surface area contributed by atoms with E-state index < -0.39 is 0 Å². The SMILES string of the molecule is Ic1cnc(CN2CCO[C@H](CCc3ccccc3)C2)s1. The lowest BCUT2D eigenvalue weighted by molar-refractivity contribution is -0.0345. The van der Waals surface area contributed by atoms with Gasteiger partial charge in [-0.1, -0.05) is 30.3 Å². The van der Waals surface area contributed by atoms with Crippen LogP contribution in [0.2, 0.25) is 0 Å². The Morgan fingerprint density at radius 3 is 2.95 bits per heavy atom. The first kappa shape index (κ1) is 15.4. The fraction of sp³-hybridized carbons (Fsp3) is 0.438. The molecule has 2 aromatic rings. The molecule has 1 fully saturated rings. The third-order valence-corrected chi connectivity index (χ3v) is 5.41. The molecular formula is C16H19IN2OS. The summed E-state index contributed by atoms with van der Waals surface area (Å²) in [4.78, 5) is 6.92. The molecule has 0 radical (unpaired) electrons. The van der Waals surface area contributed by atoms with Gasteiger partial charge in [-0.05, 0) is 41.0 Å². The second-order valence-electron chi connectivity index (χ2n) is 5.31. The van der Waals surface area contributed by atoms with E-state index >= 15 is 0 Å². The first-order valence-electron chi connectivity index (χ1n) is 7.28. The zero-order chi connectivity index (χ0) is 14.5. The van der Waals surface area contributed by atoms with E-state index in [9.17, 15) is 0 Å². The van der Waals surface area contributed by atoms with Gasteiger partial charge in [-0.15, -0.1) is 11.3 Å². The minimum absolute atomic E-state index is 0.345. The first-order valence-corrected chi connectivity index (χ1v) is 9.17. The van der Waals surface area contributed by atoms with Crippen LogP contribution in [0.4, 0.5) is 0 Å². The Bertz CT molecular complexity index is 560. The van der Waals surface area contributed by atoms with Crippen molar-refractivity contribution in [1.82, 2.24) is 9.88 Å². The molecule has 5 heteroatoms. The van der Waals surface area contributed by atoms with Gasteiger partial charge < -0.3 is 4.74 Å². The van der Waals surface area contributed by atoms with E-state index in [1.807, 2.05) is 6.20 Å². The highest BCUT2D eigenvalue weighted by molar-refractivity contribution is 14.1. The quantitative estimate of drug-likeness (QED) is 0.700. The molecule has 0 amide bonds. The average molecular weight is 414 g/mol. The predicted octanol–water partition coefficient (Wildman–Crippen LogP) is 3.58. The maximum Gasteiger partial charge on any atom is 0.108 e. The molecule has 0 aliphatic carbocycles. The van der Waals surface area contributed by atoms with Crippen LogP contribution in [-0.4, -0.2) is 35.7 Å². The number of ether oxygens (including phenoxy) is 1. The van der Waals surface area contributed by atoms with Crippen LogP contribution in [0.5, 0.6) is 0 Å². The second-order valence-corrected chi connectivity index (χ2v) is 8.32. The molecule has 0 N–H and O–H groups in total. The second kappa shape index (κ2) is 7.67. The van der Waals surface area contributed by atoms with Crippen molar-refractivity contribution in [2.24, 2.45) is 0 Å². The third kappa shape index (κ3) is 4.74. The molecule has 1 aromatic heterocycles. The number of halogens is 1. The van der Waals surface area contributed by atoms with Crippen LogP contribution in [0.15, 0.2) is 36.5 Å². The summed E-state index contributed by atoms with van der Waals surface area (Å²) < 4.78 is 7.17. The van der Waals surface area contributed by atoms with E-state index in [0.29, 0.717) is 6.10 Å². The average Bonchev–Trinajstić information content (AvgIpc) is 2.92. The molecule has 0 bridgehead atoms. The van der Waals surface area contributed by atoms with E-state index in [2.05, 4.69) is 62.8 Å². The Balaban J connectivity index is 1.49. The predicted molar refractivity (Wildman–Crippen MR) is 94.6 cm³/mol. The fourth-order valence-corrected chi connectivity index (χ4v) is 4.21. The number of hydrogen-bond acceptors (Lipinski definition) is 4. The van der Waals surface area contributed by atoms with Crippen molar-refractivity contribution in [3.63, 3.8) is 0 Å². The lowest BCUT2D eigenvalue weighted by atomic mass is 10.1. The van der Waals surface area contributed by atoms with Crippen molar-refractivity contribution in [3.8, 4) is 0 Å². The summed E-state index contributed by atoms with van der Waals surface area (Å²) in [5.74, 6) is 0. The number of rotatable bonds is 5. The van der Waals surface area contributed by atoms with Crippen LogP contribution in [0.3, 0.4) is 0 Å². The molecule has 1 aliphatic rings. The molecular weight excluding hydrogens is 395 g/mol. The maximum absolute atomic E-state index is 5.91.